The Kier molecular flexibility index (Phi) is 6.22. The quantitative estimate of drug-likeness (QED) is 0.524. The van der Waals surface area contributed by atoms with Gasteiger partial charge in [-0.25, -0.2) is 4.98 Å². The van der Waals surface area contributed by atoms with Crippen LogP contribution < -0.4 is 4.90 Å². The van der Waals surface area contributed by atoms with Crippen molar-refractivity contribution < 1.29 is 0 Å². The van der Waals surface area contributed by atoms with Crippen molar-refractivity contribution in [2.24, 2.45) is 0 Å². The predicted octanol–water partition coefficient (Wildman–Crippen LogP) is 5.53. The molecule has 0 amide bonds. The minimum absolute atomic E-state index is 0.490. The van der Waals surface area contributed by atoms with Gasteiger partial charge in [-0.1, -0.05) is 42.0 Å². The van der Waals surface area contributed by atoms with E-state index in [4.69, 9.17) is 5.26 Å². The van der Waals surface area contributed by atoms with Crippen LogP contribution in [0.25, 0.3) is 22.9 Å². The lowest BCUT2D eigenvalue weighted by molar-refractivity contribution is 0.905. The van der Waals surface area contributed by atoms with Crippen LogP contribution in [0.4, 0.5) is 5.69 Å². The lowest BCUT2D eigenvalue weighted by Crippen LogP contribution is -2.17. The number of nitriles is 2. The highest BCUT2D eigenvalue weighted by molar-refractivity contribution is 7.11. The van der Waals surface area contributed by atoms with E-state index < -0.39 is 0 Å². The number of thiazole rings is 1. The first-order valence-electron chi connectivity index (χ1n) is 8.93. The number of anilines is 1. The van der Waals surface area contributed by atoms with Crippen LogP contribution in [0.5, 0.6) is 0 Å². The Balaban J connectivity index is 1.80. The second kappa shape index (κ2) is 8.99. The zero-order valence-corrected chi connectivity index (χ0v) is 16.7. The van der Waals surface area contributed by atoms with E-state index in [-0.39, 0.29) is 0 Å². The Hall–Kier alpha value is -3.41. The van der Waals surface area contributed by atoms with E-state index in [1.165, 1.54) is 16.9 Å². The normalized spacial score (nSPS) is 10.9. The Morgan fingerprint density at radius 1 is 1.11 bits per heavy atom. The van der Waals surface area contributed by atoms with E-state index in [1.807, 2.05) is 59.8 Å². The van der Waals surface area contributed by atoms with Crippen molar-refractivity contribution in [3.8, 4) is 23.4 Å². The topological polar surface area (TPSA) is 63.7 Å². The summed E-state index contributed by atoms with van der Waals surface area (Å²) in [7, 11) is 1.96. The molecule has 5 heteroatoms. The van der Waals surface area contributed by atoms with Crippen molar-refractivity contribution in [2.75, 3.05) is 18.5 Å². The number of benzene rings is 2. The number of hydrogen-bond acceptors (Lipinski definition) is 5. The first-order valence-corrected chi connectivity index (χ1v) is 9.81. The molecule has 0 atom stereocenters. The summed E-state index contributed by atoms with van der Waals surface area (Å²) in [4.78, 5) is 6.68. The number of aromatic nitrogens is 1. The van der Waals surface area contributed by atoms with Crippen LogP contribution in [-0.2, 0) is 0 Å². The van der Waals surface area contributed by atoms with E-state index >= 15 is 0 Å². The molecule has 3 rings (SSSR count). The van der Waals surface area contributed by atoms with Crippen molar-refractivity contribution in [3.05, 3.63) is 70.0 Å². The Morgan fingerprint density at radius 2 is 1.82 bits per heavy atom. The molecule has 4 nitrogen and oxygen atoms in total. The molecule has 1 aromatic heterocycles. The lowest BCUT2D eigenvalue weighted by Gasteiger charge is -2.17. The van der Waals surface area contributed by atoms with Crippen LogP contribution in [0.3, 0.4) is 0 Å². The minimum atomic E-state index is 0.490. The van der Waals surface area contributed by atoms with Gasteiger partial charge in [0.1, 0.15) is 11.1 Å². The number of hydrogen-bond donors (Lipinski definition) is 0. The molecule has 0 N–H and O–H groups in total. The van der Waals surface area contributed by atoms with Gasteiger partial charge in [0.15, 0.2) is 0 Å². The fraction of sp³-hybridized carbons (Fsp3) is 0.174. The Bertz CT molecular complexity index is 1050. The number of aryl methyl sites for hydroxylation is 1. The fourth-order valence-electron chi connectivity index (χ4n) is 2.73. The highest BCUT2D eigenvalue weighted by Crippen LogP contribution is 2.27. The first-order chi connectivity index (χ1) is 13.6. The first kappa shape index (κ1) is 19.4. The maximum Gasteiger partial charge on any atom is 0.134 e. The molecule has 0 aliphatic rings. The van der Waals surface area contributed by atoms with Crippen LogP contribution >= 0.6 is 11.3 Å². The van der Waals surface area contributed by atoms with Gasteiger partial charge in [0.05, 0.1) is 23.8 Å². The van der Waals surface area contributed by atoms with Gasteiger partial charge in [0.25, 0.3) is 0 Å². The molecule has 0 saturated carbocycles. The molecule has 0 spiro atoms. The summed E-state index contributed by atoms with van der Waals surface area (Å²) < 4.78 is 0. The van der Waals surface area contributed by atoms with E-state index in [0.29, 0.717) is 23.5 Å². The molecular formula is C23H20N4S. The van der Waals surface area contributed by atoms with Crippen molar-refractivity contribution in [1.82, 2.24) is 4.98 Å². The van der Waals surface area contributed by atoms with Crippen LogP contribution in [0.15, 0.2) is 53.9 Å². The average Bonchev–Trinajstić information content (AvgIpc) is 3.21. The molecule has 2 aromatic carbocycles. The van der Waals surface area contributed by atoms with Gasteiger partial charge in [-0.05, 0) is 30.7 Å². The highest BCUT2D eigenvalue weighted by Gasteiger charge is 2.09. The van der Waals surface area contributed by atoms with Gasteiger partial charge in [0, 0.05) is 30.2 Å². The predicted molar refractivity (Wildman–Crippen MR) is 116 cm³/mol. The van der Waals surface area contributed by atoms with Crippen LogP contribution in [0.1, 0.15) is 22.6 Å². The van der Waals surface area contributed by atoms with Gasteiger partial charge in [-0.15, -0.1) is 11.3 Å². The van der Waals surface area contributed by atoms with E-state index in [0.717, 1.165) is 22.5 Å². The third-order valence-corrected chi connectivity index (χ3v) is 5.28. The van der Waals surface area contributed by atoms with Crippen LogP contribution in [0.2, 0.25) is 0 Å². The summed E-state index contributed by atoms with van der Waals surface area (Å²) in [5.41, 5.74) is 5.68. The van der Waals surface area contributed by atoms with Gasteiger partial charge in [0.2, 0.25) is 0 Å². The third-order valence-electron chi connectivity index (χ3n) is 4.41. The summed E-state index contributed by atoms with van der Waals surface area (Å²) in [6.45, 7) is 2.75. The second-order valence-corrected chi connectivity index (χ2v) is 7.35. The number of nitrogens with zero attached hydrogens (tertiary/aromatic N) is 4. The van der Waals surface area contributed by atoms with Gasteiger partial charge >= 0.3 is 0 Å². The van der Waals surface area contributed by atoms with Crippen LogP contribution in [0, 0.1) is 29.6 Å². The molecule has 0 unspecified atom stereocenters. The summed E-state index contributed by atoms with van der Waals surface area (Å²) in [6, 6.07) is 20.6. The SMILES string of the molecule is Cc1ccc(-c2csc(/C(C#N)=C/c3ccc(N(C)CCC#N)cc3)n2)cc1. The van der Waals surface area contributed by atoms with E-state index in [9.17, 15) is 5.26 Å². The van der Waals surface area contributed by atoms with Crippen molar-refractivity contribution in [1.29, 1.82) is 10.5 Å². The minimum Gasteiger partial charge on any atom is -0.374 e. The molecule has 0 aliphatic carbocycles. The van der Waals surface area contributed by atoms with E-state index in [2.05, 4.69) is 36.2 Å². The zero-order valence-electron chi connectivity index (χ0n) is 15.9. The molecule has 0 bridgehead atoms. The monoisotopic (exact) mass is 384 g/mol. The largest absolute Gasteiger partial charge is 0.374 e. The molecule has 0 saturated heterocycles. The zero-order chi connectivity index (χ0) is 19.9. The molecule has 28 heavy (non-hydrogen) atoms. The van der Waals surface area contributed by atoms with Crippen molar-refractivity contribution in [3.63, 3.8) is 0 Å². The molecule has 0 fully saturated rings. The molecule has 0 radical (unpaired) electrons. The van der Waals surface area contributed by atoms with Crippen LogP contribution in [-0.4, -0.2) is 18.6 Å². The summed E-state index contributed by atoms with van der Waals surface area (Å²) in [5.74, 6) is 0. The van der Waals surface area contributed by atoms with Gasteiger partial charge in [-0.3, -0.25) is 0 Å². The maximum absolute atomic E-state index is 9.61. The number of rotatable bonds is 6. The molecule has 138 valence electrons. The van der Waals surface area contributed by atoms with Gasteiger partial charge in [-0.2, -0.15) is 10.5 Å². The Morgan fingerprint density at radius 3 is 2.46 bits per heavy atom. The molecular weight excluding hydrogens is 364 g/mol. The molecule has 1 heterocycles. The summed E-state index contributed by atoms with van der Waals surface area (Å²) in [6.07, 6.45) is 2.35. The number of allylic oxidation sites excluding steroid dienone is 1. The van der Waals surface area contributed by atoms with E-state index in [1.54, 1.807) is 0 Å². The smallest absolute Gasteiger partial charge is 0.134 e. The standard InChI is InChI=1S/C23H20N4S/c1-17-4-8-19(9-5-17)22-16-28-23(26-22)20(15-25)14-18-6-10-21(11-7-18)27(2)13-3-12-24/h4-11,14,16H,3,13H2,1-2H3/b20-14+. The van der Waals surface area contributed by atoms with Crippen molar-refractivity contribution >= 4 is 28.7 Å². The summed E-state index contributed by atoms with van der Waals surface area (Å²) in [5, 5.41) is 21.0. The lowest BCUT2D eigenvalue weighted by atomic mass is 10.1. The molecule has 3 aromatic rings. The molecule has 0 aliphatic heterocycles. The maximum atomic E-state index is 9.61. The second-order valence-electron chi connectivity index (χ2n) is 6.49. The third kappa shape index (κ3) is 4.65. The van der Waals surface area contributed by atoms with Gasteiger partial charge < -0.3 is 4.90 Å². The average molecular weight is 385 g/mol. The highest BCUT2D eigenvalue weighted by atomic mass is 32.1. The Labute approximate surface area is 169 Å². The summed E-state index contributed by atoms with van der Waals surface area (Å²) >= 11 is 1.48. The van der Waals surface area contributed by atoms with Crippen molar-refractivity contribution in [2.45, 2.75) is 13.3 Å². The fourth-order valence-corrected chi connectivity index (χ4v) is 3.53.